The largest absolute Gasteiger partial charge is 0.398 e. The Morgan fingerprint density at radius 1 is 1.29 bits per heavy atom. The van der Waals surface area contributed by atoms with Crippen molar-refractivity contribution in [2.24, 2.45) is 0 Å². The third kappa shape index (κ3) is 4.44. The standard InChI is InChI=1S/C21H18N4O4S2/c22-11-14-3-4-17(23)16(10-14)13-25-9-7-18(21(25)26)29-31(27,28)20-6-5-19(30-20)15-2-1-8-24-12-15/h1-6,8,10,12,18H,7,9,13,23H2. The van der Waals surface area contributed by atoms with Crippen LogP contribution in [0.1, 0.15) is 17.5 Å². The van der Waals surface area contributed by atoms with E-state index in [1.807, 2.05) is 12.1 Å². The Labute approximate surface area is 183 Å². The van der Waals surface area contributed by atoms with Crippen LogP contribution in [0.3, 0.4) is 0 Å². The molecule has 1 aliphatic rings. The molecule has 0 aliphatic carbocycles. The first kappa shape index (κ1) is 21.0. The molecule has 1 amide bonds. The topological polar surface area (TPSA) is 126 Å². The van der Waals surface area contributed by atoms with Crippen molar-refractivity contribution in [1.29, 1.82) is 5.26 Å². The molecule has 1 aromatic carbocycles. The predicted molar refractivity (Wildman–Crippen MR) is 115 cm³/mol. The molecule has 3 heterocycles. The zero-order chi connectivity index (χ0) is 22.0. The molecule has 158 valence electrons. The number of likely N-dealkylation sites (tertiary alicyclic amines) is 1. The van der Waals surface area contributed by atoms with Gasteiger partial charge in [-0.05, 0) is 42.0 Å². The molecule has 10 heteroatoms. The quantitative estimate of drug-likeness (QED) is 0.448. The number of carbonyl (C=O) groups is 1. The van der Waals surface area contributed by atoms with Gasteiger partial charge in [0.05, 0.1) is 11.6 Å². The van der Waals surface area contributed by atoms with Crippen LogP contribution in [-0.4, -0.2) is 36.9 Å². The molecule has 3 aromatic rings. The molecular formula is C21H18N4O4S2. The lowest BCUT2D eigenvalue weighted by atomic mass is 10.1. The summed E-state index contributed by atoms with van der Waals surface area (Å²) in [6.45, 7) is 0.519. The third-order valence-electron chi connectivity index (χ3n) is 4.90. The van der Waals surface area contributed by atoms with Gasteiger partial charge in [-0.15, -0.1) is 11.3 Å². The van der Waals surface area contributed by atoms with Gasteiger partial charge < -0.3 is 10.6 Å². The van der Waals surface area contributed by atoms with Crippen LogP contribution < -0.4 is 5.73 Å². The van der Waals surface area contributed by atoms with E-state index < -0.39 is 22.1 Å². The van der Waals surface area contributed by atoms with Gasteiger partial charge in [-0.2, -0.15) is 13.7 Å². The first-order chi connectivity index (χ1) is 14.9. The number of aromatic nitrogens is 1. The van der Waals surface area contributed by atoms with Gasteiger partial charge >= 0.3 is 10.1 Å². The smallest absolute Gasteiger partial charge is 0.307 e. The van der Waals surface area contributed by atoms with Crippen molar-refractivity contribution in [2.45, 2.75) is 23.3 Å². The Balaban J connectivity index is 1.46. The molecule has 1 saturated heterocycles. The first-order valence-electron chi connectivity index (χ1n) is 9.38. The van der Waals surface area contributed by atoms with Crippen molar-refractivity contribution >= 4 is 33.0 Å². The molecule has 2 aromatic heterocycles. The van der Waals surface area contributed by atoms with E-state index in [-0.39, 0.29) is 17.2 Å². The number of nitrogens with zero attached hydrogens (tertiary/aromatic N) is 3. The van der Waals surface area contributed by atoms with Gasteiger partial charge in [0.1, 0.15) is 4.21 Å². The van der Waals surface area contributed by atoms with Crippen molar-refractivity contribution in [1.82, 2.24) is 9.88 Å². The Morgan fingerprint density at radius 2 is 2.13 bits per heavy atom. The van der Waals surface area contributed by atoms with E-state index in [2.05, 4.69) is 4.98 Å². The fourth-order valence-corrected chi connectivity index (χ4v) is 5.63. The van der Waals surface area contributed by atoms with Gasteiger partial charge in [0, 0.05) is 48.0 Å². The number of nitrogen functional groups attached to an aromatic ring is 1. The summed E-state index contributed by atoms with van der Waals surface area (Å²) < 4.78 is 30.8. The molecule has 0 spiro atoms. The molecule has 4 rings (SSSR count). The van der Waals surface area contributed by atoms with Gasteiger partial charge in [0.15, 0.2) is 6.10 Å². The lowest BCUT2D eigenvalue weighted by Crippen LogP contribution is -2.31. The van der Waals surface area contributed by atoms with Crippen LogP contribution >= 0.6 is 11.3 Å². The summed E-state index contributed by atoms with van der Waals surface area (Å²) in [5.41, 5.74) is 8.29. The maximum absolute atomic E-state index is 12.7. The number of hydrogen-bond acceptors (Lipinski definition) is 8. The summed E-state index contributed by atoms with van der Waals surface area (Å²) in [6.07, 6.45) is 2.44. The second-order valence-corrected chi connectivity index (χ2v) is 9.86. The van der Waals surface area contributed by atoms with Crippen LogP contribution in [-0.2, 0) is 25.6 Å². The first-order valence-corrected chi connectivity index (χ1v) is 11.6. The second-order valence-electron chi connectivity index (χ2n) is 6.97. The number of amides is 1. The fraction of sp³-hybridized carbons (Fsp3) is 0.190. The van der Waals surface area contributed by atoms with Gasteiger partial charge in [-0.3, -0.25) is 14.0 Å². The van der Waals surface area contributed by atoms with Gasteiger partial charge in [0.2, 0.25) is 0 Å². The molecule has 1 atom stereocenters. The number of pyridine rings is 1. The summed E-state index contributed by atoms with van der Waals surface area (Å²) in [4.78, 5) is 19.0. The maximum atomic E-state index is 12.7. The van der Waals surface area contributed by atoms with Crippen LogP contribution in [0.2, 0.25) is 0 Å². The molecule has 1 unspecified atom stereocenters. The minimum absolute atomic E-state index is 0.0311. The highest BCUT2D eigenvalue weighted by Gasteiger charge is 2.37. The van der Waals surface area contributed by atoms with Crippen molar-refractivity contribution in [3.8, 4) is 16.5 Å². The maximum Gasteiger partial charge on any atom is 0.307 e. The lowest BCUT2D eigenvalue weighted by Gasteiger charge is -2.18. The molecule has 2 N–H and O–H groups in total. The molecule has 8 nitrogen and oxygen atoms in total. The van der Waals surface area contributed by atoms with Crippen molar-refractivity contribution in [3.63, 3.8) is 0 Å². The van der Waals surface area contributed by atoms with E-state index in [9.17, 15) is 13.2 Å². The number of rotatable bonds is 6. The van der Waals surface area contributed by atoms with E-state index >= 15 is 0 Å². The van der Waals surface area contributed by atoms with E-state index in [0.29, 0.717) is 23.4 Å². The van der Waals surface area contributed by atoms with E-state index in [1.165, 1.54) is 11.0 Å². The van der Waals surface area contributed by atoms with Crippen LogP contribution in [0.15, 0.2) is 59.1 Å². The van der Waals surface area contributed by atoms with Gasteiger partial charge in [-0.25, -0.2) is 0 Å². The average molecular weight is 455 g/mol. The highest BCUT2D eigenvalue weighted by molar-refractivity contribution is 7.89. The summed E-state index contributed by atoms with van der Waals surface area (Å²) in [5, 5.41) is 9.06. The van der Waals surface area contributed by atoms with Crippen LogP contribution in [0.5, 0.6) is 0 Å². The molecule has 0 bridgehead atoms. The summed E-state index contributed by atoms with van der Waals surface area (Å²) in [6, 6.07) is 13.6. The fourth-order valence-electron chi connectivity index (χ4n) is 3.29. The lowest BCUT2D eigenvalue weighted by molar-refractivity contribution is -0.133. The number of hydrogen-bond donors (Lipinski definition) is 1. The number of nitriles is 1. The molecule has 31 heavy (non-hydrogen) atoms. The number of thiophene rings is 1. The summed E-state index contributed by atoms with van der Waals surface area (Å²) in [7, 11) is -4.10. The molecule has 1 fully saturated rings. The van der Waals surface area contributed by atoms with E-state index in [4.69, 9.17) is 15.2 Å². The van der Waals surface area contributed by atoms with Crippen molar-refractivity contribution in [2.75, 3.05) is 12.3 Å². The summed E-state index contributed by atoms with van der Waals surface area (Å²) >= 11 is 1.06. The highest BCUT2D eigenvalue weighted by atomic mass is 32.3. The minimum Gasteiger partial charge on any atom is -0.398 e. The average Bonchev–Trinajstić information content (AvgIpc) is 3.39. The number of nitrogens with two attached hydrogens (primary N) is 1. The third-order valence-corrected chi connectivity index (χ3v) is 7.80. The van der Waals surface area contributed by atoms with E-state index in [1.54, 1.807) is 42.7 Å². The minimum atomic E-state index is -4.10. The summed E-state index contributed by atoms with van der Waals surface area (Å²) in [5.74, 6) is -0.422. The normalized spacial score (nSPS) is 16.4. The Bertz CT molecular complexity index is 1270. The Morgan fingerprint density at radius 3 is 2.87 bits per heavy atom. The van der Waals surface area contributed by atoms with Gasteiger partial charge in [0.25, 0.3) is 5.91 Å². The Hall–Kier alpha value is -3.26. The number of benzene rings is 1. The molecular weight excluding hydrogens is 436 g/mol. The predicted octanol–water partition coefficient (Wildman–Crippen LogP) is 2.77. The zero-order valence-electron chi connectivity index (χ0n) is 16.3. The molecule has 1 aliphatic heterocycles. The molecule has 0 radical (unpaired) electrons. The Kier molecular flexibility index (Phi) is 5.73. The van der Waals surface area contributed by atoms with Crippen LogP contribution in [0.4, 0.5) is 5.69 Å². The van der Waals surface area contributed by atoms with Crippen molar-refractivity contribution in [3.05, 3.63) is 66.0 Å². The highest BCUT2D eigenvalue weighted by Crippen LogP contribution is 2.32. The van der Waals surface area contributed by atoms with Gasteiger partial charge in [-0.1, -0.05) is 6.07 Å². The SMILES string of the molecule is N#Cc1ccc(N)c(CN2CCC(OS(=O)(=O)c3ccc(-c4cccnc4)s3)C2=O)c1. The monoisotopic (exact) mass is 454 g/mol. The van der Waals surface area contributed by atoms with Crippen LogP contribution in [0.25, 0.3) is 10.4 Å². The van der Waals surface area contributed by atoms with Crippen molar-refractivity contribution < 1.29 is 17.4 Å². The van der Waals surface area contributed by atoms with Crippen LogP contribution in [0, 0.1) is 11.3 Å². The molecule has 0 saturated carbocycles. The van der Waals surface area contributed by atoms with E-state index in [0.717, 1.165) is 21.8 Å². The number of carbonyl (C=O) groups excluding carboxylic acids is 1. The zero-order valence-corrected chi connectivity index (χ0v) is 17.9. The second kappa shape index (κ2) is 8.47. The number of anilines is 1.